The molecule has 1 aliphatic heterocycles. The molecule has 1 aromatic carbocycles. The van der Waals surface area contributed by atoms with Crippen molar-refractivity contribution in [3.8, 4) is 5.75 Å². The second-order valence-electron chi connectivity index (χ2n) is 5.60. The summed E-state index contributed by atoms with van der Waals surface area (Å²) in [7, 11) is 0. The van der Waals surface area contributed by atoms with E-state index in [0.717, 1.165) is 25.1 Å². The molecule has 0 amide bonds. The molecule has 0 radical (unpaired) electrons. The highest BCUT2D eigenvalue weighted by Crippen LogP contribution is 2.26. The Kier molecular flexibility index (Phi) is 5.24. The maximum Gasteiger partial charge on any atom is 0.167 e. The first-order valence-corrected chi connectivity index (χ1v) is 7.40. The summed E-state index contributed by atoms with van der Waals surface area (Å²) in [5, 5.41) is 3.40. The molecule has 2 atom stereocenters. The molecule has 0 aromatic heterocycles. The number of hydrogen-bond donors (Lipinski definition) is 1. The van der Waals surface area contributed by atoms with Crippen molar-refractivity contribution in [1.82, 2.24) is 0 Å². The number of ether oxygens (including phenoxy) is 2. The van der Waals surface area contributed by atoms with Gasteiger partial charge in [0.1, 0.15) is 0 Å². The molecule has 0 bridgehead atoms. The second-order valence-corrected chi connectivity index (χ2v) is 5.60. The van der Waals surface area contributed by atoms with Crippen molar-refractivity contribution in [3.05, 3.63) is 24.0 Å². The predicted octanol–water partition coefficient (Wildman–Crippen LogP) is 3.84. The lowest BCUT2D eigenvalue weighted by Crippen LogP contribution is -2.36. The summed E-state index contributed by atoms with van der Waals surface area (Å²) in [6.45, 7) is 7.42. The molecule has 1 heterocycles. The van der Waals surface area contributed by atoms with E-state index < -0.39 is 0 Å². The van der Waals surface area contributed by atoms with Crippen LogP contribution in [0.15, 0.2) is 18.2 Å². The van der Waals surface area contributed by atoms with E-state index in [2.05, 4.69) is 19.2 Å². The molecule has 0 aliphatic carbocycles. The molecule has 0 spiro atoms. The minimum atomic E-state index is -0.315. The van der Waals surface area contributed by atoms with Gasteiger partial charge in [0.05, 0.1) is 12.7 Å². The van der Waals surface area contributed by atoms with E-state index in [4.69, 9.17) is 9.47 Å². The maximum absolute atomic E-state index is 13.8. The number of hydrogen-bond acceptors (Lipinski definition) is 3. The lowest BCUT2D eigenvalue weighted by atomic mass is 9.95. The second kappa shape index (κ2) is 6.93. The van der Waals surface area contributed by atoms with Crippen molar-refractivity contribution >= 4 is 5.69 Å². The molecule has 1 N–H and O–H groups in total. The minimum absolute atomic E-state index is 0.286. The van der Waals surface area contributed by atoms with Gasteiger partial charge < -0.3 is 14.8 Å². The molecule has 1 aliphatic rings. The standard InChI is InChI=1S/C16H24FNO2/c1-4-19-15-6-5-12(9-14(15)17)18-13-7-8-20-16(10-13)11(2)3/h5-6,9,11,13,16,18H,4,7-8,10H2,1-3H3. The first-order valence-electron chi connectivity index (χ1n) is 7.40. The van der Waals surface area contributed by atoms with Crippen LogP contribution in [0.4, 0.5) is 10.1 Å². The van der Waals surface area contributed by atoms with Crippen LogP contribution in [0.25, 0.3) is 0 Å². The Labute approximate surface area is 120 Å². The maximum atomic E-state index is 13.8. The fraction of sp³-hybridized carbons (Fsp3) is 0.625. The van der Waals surface area contributed by atoms with Gasteiger partial charge >= 0.3 is 0 Å². The fourth-order valence-electron chi connectivity index (χ4n) is 2.52. The Hall–Kier alpha value is -1.29. The van der Waals surface area contributed by atoms with Crippen LogP contribution in [-0.2, 0) is 4.74 Å². The average molecular weight is 281 g/mol. The van der Waals surface area contributed by atoms with Crippen LogP contribution in [0.2, 0.25) is 0 Å². The highest BCUT2D eigenvalue weighted by atomic mass is 19.1. The zero-order valence-electron chi connectivity index (χ0n) is 12.5. The van der Waals surface area contributed by atoms with Crippen molar-refractivity contribution in [1.29, 1.82) is 0 Å². The Morgan fingerprint density at radius 1 is 1.45 bits per heavy atom. The summed E-state index contributed by atoms with van der Waals surface area (Å²) in [5.74, 6) is 0.506. The molecule has 20 heavy (non-hydrogen) atoms. The molecule has 112 valence electrons. The first kappa shape index (κ1) is 15.1. The van der Waals surface area contributed by atoms with Gasteiger partial charge in [-0.3, -0.25) is 0 Å². The van der Waals surface area contributed by atoms with Gasteiger partial charge in [0.25, 0.3) is 0 Å². The molecule has 1 fully saturated rings. The van der Waals surface area contributed by atoms with Crippen LogP contribution in [0.5, 0.6) is 5.75 Å². The Bertz CT molecular complexity index is 436. The lowest BCUT2D eigenvalue weighted by Gasteiger charge is -2.33. The normalized spacial score (nSPS) is 22.9. The van der Waals surface area contributed by atoms with Crippen molar-refractivity contribution < 1.29 is 13.9 Å². The first-order chi connectivity index (χ1) is 9.60. The van der Waals surface area contributed by atoms with Gasteiger partial charge in [0.15, 0.2) is 11.6 Å². The van der Waals surface area contributed by atoms with Crippen LogP contribution < -0.4 is 10.1 Å². The monoisotopic (exact) mass is 281 g/mol. The van der Waals surface area contributed by atoms with E-state index in [9.17, 15) is 4.39 Å². The molecule has 2 unspecified atom stereocenters. The predicted molar refractivity (Wildman–Crippen MR) is 78.8 cm³/mol. The Morgan fingerprint density at radius 3 is 2.90 bits per heavy atom. The van der Waals surface area contributed by atoms with E-state index >= 15 is 0 Å². The van der Waals surface area contributed by atoms with Crippen molar-refractivity contribution in [2.24, 2.45) is 5.92 Å². The molecule has 1 aromatic rings. The lowest BCUT2D eigenvalue weighted by molar-refractivity contribution is -0.0160. The number of benzene rings is 1. The SMILES string of the molecule is CCOc1ccc(NC2CCOC(C(C)C)C2)cc1F. The number of nitrogens with one attached hydrogen (secondary N) is 1. The van der Waals surface area contributed by atoms with Crippen molar-refractivity contribution in [2.45, 2.75) is 45.8 Å². The molecule has 0 saturated carbocycles. The molecule has 4 heteroatoms. The average Bonchev–Trinajstić information content (AvgIpc) is 2.42. The summed E-state index contributed by atoms with van der Waals surface area (Å²) < 4.78 is 24.8. The Balaban J connectivity index is 1.97. The zero-order valence-corrected chi connectivity index (χ0v) is 12.5. The van der Waals surface area contributed by atoms with E-state index in [1.165, 1.54) is 6.07 Å². The molecular formula is C16H24FNO2. The van der Waals surface area contributed by atoms with Gasteiger partial charge in [-0.15, -0.1) is 0 Å². The molecular weight excluding hydrogens is 257 g/mol. The van der Waals surface area contributed by atoms with Crippen LogP contribution in [-0.4, -0.2) is 25.4 Å². The molecule has 1 saturated heterocycles. The summed E-state index contributed by atoms with van der Waals surface area (Å²) in [6.07, 6.45) is 2.21. The van der Waals surface area contributed by atoms with E-state index in [0.29, 0.717) is 24.3 Å². The fourth-order valence-corrected chi connectivity index (χ4v) is 2.52. The largest absolute Gasteiger partial charge is 0.491 e. The summed E-state index contributed by atoms with van der Waals surface area (Å²) >= 11 is 0. The van der Waals surface area contributed by atoms with Gasteiger partial charge in [-0.25, -0.2) is 4.39 Å². The van der Waals surface area contributed by atoms with Gasteiger partial charge in [-0.05, 0) is 37.8 Å². The minimum Gasteiger partial charge on any atom is -0.491 e. The van der Waals surface area contributed by atoms with Crippen LogP contribution in [0.1, 0.15) is 33.6 Å². The molecule has 3 nitrogen and oxygen atoms in total. The highest BCUT2D eigenvalue weighted by molar-refractivity contribution is 5.48. The van der Waals surface area contributed by atoms with Gasteiger partial charge in [-0.1, -0.05) is 13.8 Å². The quantitative estimate of drug-likeness (QED) is 0.889. The highest BCUT2D eigenvalue weighted by Gasteiger charge is 2.24. The van der Waals surface area contributed by atoms with E-state index in [1.54, 1.807) is 6.07 Å². The Morgan fingerprint density at radius 2 is 2.25 bits per heavy atom. The van der Waals surface area contributed by atoms with Crippen LogP contribution in [0, 0.1) is 11.7 Å². The number of anilines is 1. The van der Waals surface area contributed by atoms with Crippen molar-refractivity contribution in [2.75, 3.05) is 18.5 Å². The van der Waals surface area contributed by atoms with Gasteiger partial charge in [0.2, 0.25) is 0 Å². The zero-order chi connectivity index (χ0) is 14.5. The van der Waals surface area contributed by atoms with E-state index in [1.807, 2.05) is 13.0 Å². The smallest absolute Gasteiger partial charge is 0.167 e. The third kappa shape index (κ3) is 3.85. The number of halogens is 1. The van der Waals surface area contributed by atoms with Crippen LogP contribution in [0.3, 0.4) is 0 Å². The topological polar surface area (TPSA) is 30.5 Å². The van der Waals surface area contributed by atoms with E-state index in [-0.39, 0.29) is 11.9 Å². The third-order valence-corrected chi connectivity index (χ3v) is 3.66. The molecule has 2 rings (SSSR count). The van der Waals surface area contributed by atoms with Crippen LogP contribution >= 0.6 is 0 Å². The summed E-state index contributed by atoms with van der Waals surface area (Å²) in [6, 6.07) is 5.40. The van der Waals surface area contributed by atoms with Gasteiger partial charge in [-0.2, -0.15) is 0 Å². The third-order valence-electron chi connectivity index (χ3n) is 3.66. The summed E-state index contributed by atoms with van der Waals surface area (Å²) in [4.78, 5) is 0. The number of rotatable bonds is 5. The summed E-state index contributed by atoms with van der Waals surface area (Å²) in [5.41, 5.74) is 0.806. The van der Waals surface area contributed by atoms with Gasteiger partial charge in [0, 0.05) is 24.4 Å². The van der Waals surface area contributed by atoms with Crippen molar-refractivity contribution in [3.63, 3.8) is 0 Å².